The van der Waals surface area contributed by atoms with Crippen molar-refractivity contribution < 1.29 is 0 Å². The summed E-state index contributed by atoms with van der Waals surface area (Å²) in [5.41, 5.74) is 6.78. The summed E-state index contributed by atoms with van der Waals surface area (Å²) in [6.07, 6.45) is 0. The molecule has 0 aliphatic carbocycles. The van der Waals surface area contributed by atoms with Crippen molar-refractivity contribution >= 4 is 24.1 Å². The van der Waals surface area contributed by atoms with Gasteiger partial charge in [-0.2, -0.15) is 0 Å². The Morgan fingerprint density at radius 3 is 2.45 bits per heavy atom. The maximum atomic E-state index is 4.71. The average molecular weight is 317 g/mol. The van der Waals surface area contributed by atoms with Gasteiger partial charge in [-0.1, -0.05) is 48.5 Å². The molecule has 0 saturated carbocycles. The molecule has 1 aliphatic heterocycles. The van der Waals surface area contributed by atoms with Crippen LogP contribution in [0.5, 0.6) is 0 Å². The first-order valence-electron chi connectivity index (χ1n) is 7.14. The van der Waals surface area contributed by atoms with E-state index in [1.54, 1.807) is 0 Å². The van der Waals surface area contributed by atoms with Crippen molar-refractivity contribution in [3.63, 3.8) is 0 Å². The number of fused-ring (bicyclic) bond motifs is 1. The number of hydrogen-bond acceptors (Lipinski definition) is 4. The molecule has 0 spiro atoms. The lowest BCUT2D eigenvalue weighted by Gasteiger charge is -2.19. The van der Waals surface area contributed by atoms with Crippen molar-refractivity contribution in [3.05, 3.63) is 65.7 Å². The van der Waals surface area contributed by atoms with E-state index in [1.165, 1.54) is 11.1 Å². The number of halogens is 1. The molecule has 0 amide bonds. The molecule has 2 N–H and O–H groups in total. The summed E-state index contributed by atoms with van der Waals surface area (Å²) in [6.45, 7) is 0.820. The maximum absolute atomic E-state index is 4.71. The zero-order valence-corrected chi connectivity index (χ0v) is 13.6. The van der Waals surface area contributed by atoms with Gasteiger partial charge in [-0.15, -0.1) is 12.4 Å². The molecule has 2 aromatic rings. The normalized spacial score (nSPS) is 16.7. The van der Waals surface area contributed by atoms with Gasteiger partial charge in [0.25, 0.3) is 0 Å². The van der Waals surface area contributed by atoms with E-state index in [2.05, 4.69) is 59.3 Å². The number of para-hydroxylation sites is 1. The van der Waals surface area contributed by atoms with E-state index in [4.69, 9.17) is 4.99 Å². The maximum Gasteiger partial charge on any atom is 0.211 e. The Bertz CT molecular complexity index is 640. The molecule has 1 unspecified atom stereocenters. The molecule has 1 atom stereocenters. The molecule has 0 bridgehead atoms. The molecule has 2 aromatic carbocycles. The van der Waals surface area contributed by atoms with E-state index in [-0.39, 0.29) is 12.4 Å². The van der Waals surface area contributed by atoms with Crippen molar-refractivity contribution in [2.75, 3.05) is 20.6 Å². The lowest BCUT2D eigenvalue weighted by atomic mass is 9.90. The smallest absolute Gasteiger partial charge is 0.211 e. The fourth-order valence-electron chi connectivity index (χ4n) is 2.61. The first kappa shape index (κ1) is 16.3. The Kier molecular flexibility index (Phi) is 5.41. The predicted molar refractivity (Wildman–Crippen MR) is 93.9 cm³/mol. The van der Waals surface area contributed by atoms with E-state index in [0.29, 0.717) is 5.92 Å². The molecule has 0 aromatic heterocycles. The van der Waals surface area contributed by atoms with Crippen molar-refractivity contribution in [3.8, 4) is 0 Å². The van der Waals surface area contributed by atoms with Crippen LogP contribution in [-0.2, 0) is 0 Å². The van der Waals surface area contributed by atoms with E-state index in [9.17, 15) is 0 Å². The van der Waals surface area contributed by atoms with Gasteiger partial charge in [-0.3, -0.25) is 5.43 Å². The summed E-state index contributed by atoms with van der Waals surface area (Å²) in [6, 6.07) is 18.9. The summed E-state index contributed by atoms with van der Waals surface area (Å²) in [5.74, 6) is 1.08. The highest BCUT2D eigenvalue weighted by atomic mass is 35.5. The van der Waals surface area contributed by atoms with Crippen molar-refractivity contribution in [2.45, 2.75) is 5.92 Å². The molecular weight excluding hydrogens is 296 g/mol. The first-order chi connectivity index (χ1) is 10.2. The van der Waals surface area contributed by atoms with Crippen LogP contribution >= 0.6 is 12.4 Å². The second-order valence-corrected chi connectivity index (χ2v) is 5.37. The third-order valence-electron chi connectivity index (χ3n) is 3.55. The minimum absolute atomic E-state index is 0. The lowest BCUT2D eigenvalue weighted by Crippen LogP contribution is -2.45. The molecule has 4 nitrogen and oxygen atoms in total. The summed E-state index contributed by atoms with van der Waals surface area (Å²) < 4.78 is 0. The van der Waals surface area contributed by atoms with Crippen molar-refractivity contribution in [1.82, 2.24) is 15.8 Å². The van der Waals surface area contributed by atoms with Crippen molar-refractivity contribution in [2.24, 2.45) is 4.99 Å². The van der Waals surface area contributed by atoms with Crippen LogP contribution < -0.4 is 10.7 Å². The minimum Gasteiger partial charge on any atom is -0.354 e. The topological polar surface area (TPSA) is 39.7 Å². The predicted octanol–water partition coefficient (Wildman–Crippen LogP) is 2.90. The second kappa shape index (κ2) is 7.29. The van der Waals surface area contributed by atoms with Gasteiger partial charge >= 0.3 is 0 Å². The monoisotopic (exact) mass is 316 g/mol. The summed E-state index contributed by atoms with van der Waals surface area (Å²) in [7, 11) is 3.91. The van der Waals surface area contributed by atoms with Gasteiger partial charge in [0, 0.05) is 26.6 Å². The number of guanidine groups is 1. The van der Waals surface area contributed by atoms with Gasteiger partial charge < -0.3 is 5.32 Å². The summed E-state index contributed by atoms with van der Waals surface area (Å²) in [5, 5.41) is 5.29. The molecule has 22 heavy (non-hydrogen) atoms. The van der Waals surface area contributed by atoms with Crippen LogP contribution in [0.2, 0.25) is 0 Å². The number of hydrogen-bond donors (Lipinski definition) is 2. The molecular formula is C17H21ClN4. The summed E-state index contributed by atoms with van der Waals surface area (Å²) >= 11 is 0. The Balaban J connectivity index is 0.00000176. The lowest BCUT2D eigenvalue weighted by molar-refractivity contribution is 0.356. The molecule has 116 valence electrons. The molecule has 0 saturated heterocycles. The first-order valence-corrected chi connectivity index (χ1v) is 7.14. The van der Waals surface area contributed by atoms with Crippen LogP contribution in [0, 0.1) is 0 Å². The largest absolute Gasteiger partial charge is 0.354 e. The summed E-state index contributed by atoms with van der Waals surface area (Å²) in [4.78, 5) is 4.71. The molecule has 1 aliphatic rings. The number of nitrogens with zero attached hydrogens (tertiary/aromatic N) is 2. The van der Waals surface area contributed by atoms with Gasteiger partial charge in [0.2, 0.25) is 5.96 Å². The second-order valence-electron chi connectivity index (χ2n) is 5.37. The highest BCUT2D eigenvalue weighted by Crippen LogP contribution is 2.32. The molecule has 0 fully saturated rings. The quantitative estimate of drug-likeness (QED) is 0.837. The molecule has 3 rings (SSSR count). The minimum atomic E-state index is 0. The van der Waals surface area contributed by atoms with Gasteiger partial charge in [-0.05, 0) is 17.2 Å². The van der Waals surface area contributed by atoms with Gasteiger partial charge in [0.05, 0.1) is 5.69 Å². The number of rotatable bonds is 2. The number of nitrogens with one attached hydrogen (secondary N) is 2. The molecule has 1 heterocycles. The van der Waals surface area contributed by atoms with Crippen LogP contribution in [0.3, 0.4) is 0 Å². The van der Waals surface area contributed by atoms with Crippen molar-refractivity contribution in [1.29, 1.82) is 0 Å². The Morgan fingerprint density at radius 2 is 1.73 bits per heavy atom. The fraction of sp³-hybridized carbons (Fsp3) is 0.235. The van der Waals surface area contributed by atoms with Crippen LogP contribution in [0.15, 0.2) is 59.6 Å². The Labute approximate surface area is 137 Å². The van der Waals surface area contributed by atoms with E-state index in [0.717, 1.165) is 18.2 Å². The van der Waals surface area contributed by atoms with E-state index >= 15 is 0 Å². The standard InChI is InChI=1S/C17H20N4.ClH/c1-21(2)20-17-18-12-15(13-8-4-3-5-9-13)14-10-6-7-11-16(14)19-17;/h3-11,15H,12H2,1-2H3,(H2,18,19,20);1H. The van der Waals surface area contributed by atoms with Crippen LogP contribution in [-0.4, -0.2) is 31.6 Å². The van der Waals surface area contributed by atoms with Crippen LogP contribution in [0.25, 0.3) is 0 Å². The van der Waals surface area contributed by atoms with E-state index in [1.807, 2.05) is 25.2 Å². The third-order valence-corrected chi connectivity index (χ3v) is 3.55. The van der Waals surface area contributed by atoms with Gasteiger partial charge in [-0.25, -0.2) is 10.0 Å². The van der Waals surface area contributed by atoms with Crippen LogP contribution in [0.4, 0.5) is 5.69 Å². The van der Waals surface area contributed by atoms with Gasteiger partial charge in [0.1, 0.15) is 0 Å². The Hall–Kier alpha value is -2.04. The van der Waals surface area contributed by atoms with Crippen LogP contribution in [0.1, 0.15) is 17.0 Å². The van der Waals surface area contributed by atoms with E-state index < -0.39 is 0 Å². The number of aliphatic imine (C=N–C) groups is 1. The molecule has 5 heteroatoms. The Morgan fingerprint density at radius 1 is 1.05 bits per heavy atom. The SMILES string of the molecule is CN(C)NC1=Nc2ccccc2C(c2ccccc2)CN1.Cl. The number of benzene rings is 2. The highest BCUT2D eigenvalue weighted by molar-refractivity contribution is 5.85. The van der Waals surface area contributed by atoms with Gasteiger partial charge in [0.15, 0.2) is 0 Å². The fourth-order valence-corrected chi connectivity index (χ4v) is 2.61. The molecule has 0 radical (unpaired) electrons. The zero-order chi connectivity index (χ0) is 14.7. The third kappa shape index (κ3) is 3.59. The highest BCUT2D eigenvalue weighted by Gasteiger charge is 2.21. The zero-order valence-electron chi connectivity index (χ0n) is 12.8. The average Bonchev–Trinajstić information content (AvgIpc) is 2.66. The number of hydrazine groups is 1.